The van der Waals surface area contributed by atoms with Crippen LogP contribution in [-0.2, 0) is 6.42 Å². The van der Waals surface area contributed by atoms with Gasteiger partial charge < -0.3 is 5.32 Å². The van der Waals surface area contributed by atoms with Crippen LogP contribution in [0.5, 0.6) is 0 Å². The van der Waals surface area contributed by atoms with Gasteiger partial charge in [-0.1, -0.05) is 12.1 Å². The number of halogens is 5. The van der Waals surface area contributed by atoms with E-state index in [1.54, 1.807) is 6.92 Å². The molecule has 2 aromatic rings. The molecule has 0 bridgehead atoms. The van der Waals surface area contributed by atoms with Gasteiger partial charge in [0.15, 0.2) is 23.3 Å². The van der Waals surface area contributed by atoms with Crippen LogP contribution in [-0.4, -0.2) is 6.04 Å². The second kappa shape index (κ2) is 6.11. The maximum Gasteiger partial charge on any atom is 0.185 e. The highest BCUT2D eigenvalue weighted by atomic mass is 19.2. The number of anilines is 1. The van der Waals surface area contributed by atoms with Crippen molar-refractivity contribution in [2.24, 2.45) is 0 Å². The third-order valence-corrected chi connectivity index (χ3v) is 2.96. The van der Waals surface area contributed by atoms with Crippen molar-refractivity contribution in [2.75, 3.05) is 5.32 Å². The number of hydrogen-bond donors (Lipinski definition) is 1. The molecule has 0 spiro atoms. The molecular weight excluding hydrogens is 289 g/mol. The Morgan fingerprint density at radius 1 is 0.905 bits per heavy atom. The molecule has 6 heteroatoms. The molecule has 0 heterocycles. The molecule has 0 aliphatic carbocycles. The molecule has 2 aromatic carbocycles. The summed E-state index contributed by atoms with van der Waals surface area (Å²) in [6, 6.07) is 5.19. The van der Waals surface area contributed by atoms with Crippen LogP contribution < -0.4 is 5.32 Å². The third-order valence-electron chi connectivity index (χ3n) is 2.96. The Morgan fingerprint density at radius 3 is 1.95 bits per heavy atom. The molecule has 1 N–H and O–H groups in total. The van der Waals surface area contributed by atoms with Gasteiger partial charge in [-0.2, -0.15) is 0 Å². The first kappa shape index (κ1) is 15.3. The first-order chi connectivity index (χ1) is 9.88. The van der Waals surface area contributed by atoms with E-state index in [1.165, 1.54) is 24.3 Å². The minimum absolute atomic E-state index is 0.153. The molecule has 0 aliphatic heterocycles. The summed E-state index contributed by atoms with van der Waals surface area (Å²) in [7, 11) is 0. The molecule has 0 radical (unpaired) electrons. The van der Waals surface area contributed by atoms with E-state index in [0.29, 0.717) is 12.0 Å². The maximum atomic E-state index is 13.5. The van der Waals surface area contributed by atoms with Crippen molar-refractivity contribution in [3.8, 4) is 0 Å². The van der Waals surface area contributed by atoms with E-state index in [4.69, 9.17) is 0 Å². The molecule has 1 nitrogen and oxygen atoms in total. The van der Waals surface area contributed by atoms with Crippen LogP contribution in [0.25, 0.3) is 0 Å². The Labute approximate surface area is 118 Å². The van der Waals surface area contributed by atoms with E-state index < -0.39 is 40.8 Å². The molecule has 2 rings (SSSR count). The molecule has 0 saturated carbocycles. The summed E-state index contributed by atoms with van der Waals surface area (Å²) in [5, 5.41) is 2.40. The van der Waals surface area contributed by atoms with E-state index >= 15 is 0 Å². The van der Waals surface area contributed by atoms with Crippen molar-refractivity contribution in [1.29, 1.82) is 0 Å². The Balaban J connectivity index is 2.16. The molecule has 112 valence electrons. The van der Waals surface area contributed by atoms with Gasteiger partial charge in [0.25, 0.3) is 0 Å². The SMILES string of the molecule is CC(Cc1ccc(F)cc1)Nc1c(F)c(F)cc(F)c1F. The summed E-state index contributed by atoms with van der Waals surface area (Å²) in [4.78, 5) is 0. The van der Waals surface area contributed by atoms with Crippen LogP contribution in [0, 0.1) is 29.1 Å². The number of nitrogens with one attached hydrogen (secondary N) is 1. The lowest BCUT2D eigenvalue weighted by atomic mass is 10.1. The molecule has 21 heavy (non-hydrogen) atoms. The average molecular weight is 301 g/mol. The van der Waals surface area contributed by atoms with Crippen molar-refractivity contribution in [3.05, 3.63) is 65.0 Å². The van der Waals surface area contributed by atoms with E-state index in [-0.39, 0.29) is 6.07 Å². The highest BCUT2D eigenvalue weighted by Gasteiger charge is 2.20. The maximum absolute atomic E-state index is 13.5. The number of benzene rings is 2. The second-order valence-electron chi connectivity index (χ2n) is 4.72. The fourth-order valence-corrected chi connectivity index (χ4v) is 1.97. The summed E-state index contributed by atoms with van der Waals surface area (Å²) in [6.07, 6.45) is 0.303. The molecule has 0 amide bonds. The Bertz CT molecular complexity index is 613. The molecular formula is C15H12F5N. The van der Waals surface area contributed by atoms with Crippen molar-refractivity contribution >= 4 is 5.69 Å². The standard InChI is InChI=1S/C15H12F5N/c1-8(6-9-2-4-10(16)5-3-9)21-15-13(19)11(17)7-12(18)14(15)20/h2-5,7-8,21H,6H2,1H3. The zero-order chi connectivity index (χ0) is 15.6. The van der Waals surface area contributed by atoms with E-state index in [1.807, 2.05) is 0 Å². The highest BCUT2D eigenvalue weighted by molar-refractivity contribution is 5.48. The van der Waals surface area contributed by atoms with E-state index in [2.05, 4.69) is 5.32 Å². The highest BCUT2D eigenvalue weighted by Crippen LogP contribution is 2.25. The smallest absolute Gasteiger partial charge is 0.185 e. The number of hydrogen-bond acceptors (Lipinski definition) is 1. The van der Waals surface area contributed by atoms with Gasteiger partial charge in [0.1, 0.15) is 11.5 Å². The zero-order valence-corrected chi connectivity index (χ0v) is 11.1. The fourth-order valence-electron chi connectivity index (χ4n) is 1.97. The van der Waals surface area contributed by atoms with Crippen molar-refractivity contribution in [2.45, 2.75) is 19.4 Å². The first-order valence-corrected chi connectivity index (χ1v) is 6.22. The lowest BCUT2D eigenvalue weighted by Gasteiger charge is -2.17. The minimum atomic E-state index is -1.47. The molecule has 0 saturated heterocycles. The van der Waals surface area contributed by atoms with E-state index in [0.717, 1.165) is 0 Å². The Hall–Kier alpha value is -2.11. The van der Waals surface area contributed by atoms with Crippen LogP contribution in [0.1, 0.15) is 12.5 Å². The van der Waals surface area contributed by atoms with Crippen LogP contribution in [0.3, 0.4) is 0 Å². The van der Waals surface area contributed by atoms with Crippen molar-refractivity contribution < 1.29 is 22.0 Å². The molecule has 0 aromatic heterocycles. The molecule has 1 unspecified atom stereocenters. The van der Waals surface area contributed by atoms with Gasteiger partial charge >= 0.3 is 0 Å². The summed E-state index contributed by atoms with van der Waals surface area (Å²) < 4.78 is 65.9. The summed E-state index contributed by atoms with van der Waals surface area (Å²) in [5.74, 6) is -6.28. The van der Waals surface area contributed by atoms with Gasteiger partial charge in [0.2, 0.25) is 0 Å². The van der Waals surface area contributed by atoms with Crippen LogP contribution in [0.15, 0.2) is 30.3 Å². The van der Waals surface area contributed by atoms with E-state index in [9.17, 15) is 22.0 Å². The lowest BCUT2D eigenvalue weighted by Crippen LogP contribution is -2.20. The minimum Gasteiger partial charge on any atom is -0.377 e. The van der Waals surface area contributed by atoms with Gasteiger partial charge in [-0.3, -0.25) is 0 Å². The lowest BCUT2D eigenvalue weighted by molar-refractivity contribution is 0.456. The van der Waals surface area contributed by atoms with Gasteiger partial charge in [-0.05, 0) is 31.0 Å². The van der Waals surface area contributed by atoms with Crippen LogP contribution in [0.2, 0.25) is 0 Å². The van der Waals surface area contributed by atoms with Gasteiger partial charge in [0.05, 0.1) is 0 Å². The fraction of sp³-hybridized carbons (Fsp3) is 0.200. The summed E-state index contributed by atoms with van der Waals surface area (Å²) >= 11 is 0. The van der Waals surface area contributed by atoms with Gasteiger partial charge in [-0.25, -0.2) is 22.0 Å². The predicted molar refractivity (Wildman–Crippen MR) is 69.5 cm³/mol. The predicted octanol–water partition coefficient (Wildman–Crippen LogP) is 4.43. The van der Waals surface area contributed by atoms with Crippen molar-refractivity contribution in [1.82, 2.24) is 0 Å². The molecule has 0 fully saturated rings. The summed E-state index contributed by atoms with van der Waals surface area (Å²) in [6.45, 7) is 1.59. The Kier molecular flexibility index (Phi) is 4.45. The average Bonchev–Trinajstić information content (AvgIpc) is 2.44. The van der Waals surface area contributed by atoms with Crippen molar-refractivity contribution in [3.63, 3.8) is 0 Å². The molecule has 1 atom stereocenters. The quantitative estimate of drug-likeness (QED) is 0.651. The normalized spacial score (nSPS) is 12.3. The summed E-state index contributed by atoms with van der Waals surface area (Å²) in [5.41, 5.74) is -0.129. The monoisotopic (exact) mass is 301 g/mol. The van der Waals surface area contributed by atoms with Crippen LogP contribution in [0.4, 0.5) is 27.6 Å². The number of rotatable bonds is 4. The largest absolute Gasteiger partial charge is 0.377 e. The third kappa shape index (κ3) is 3.51. The van der Waals surface area contributed by atoms with Gasteiger partial charge in [-0.15, -0.1) is 0 Å². The first-order valence-electron chi connectivity index (χ1n) is 6.22. The Morgan fingerprint density at radius 2 is 1.43 bits per heavy atom. The zero-order valence-electron chi connectivity index (χ0n) is 11.1. The van der Waals surface area contributed by atoms with Gasteiger partial charge in [0, 0.05) is 12.1 Å². The molecule has 0 aliphatic rings. The van der Waals surface area contributed by atoms with Crippen LogP contribution >= 0.6 is 0 Å². The topological polar surface area (TPSA) is 12.0 Å². The second-order valence-corrected chi connectivity index (χ2v) is 4.72.